The van der Waals surface area contributed by atoms with E-state index in [0.29, 0.717) is 19.1 Å². The number of amides is 2. The van der Waals surface area contributed by atoms with Gasteiger partial charge in [-0.25, -0.2) is 0 Å². The maximum Gasteiger partial charge on any atom is 0.244 e. The third kappa shape index (κ3) is 2.52. The molecule has 1 saturated heterocycles. The smallest absolute Gasteiger partial charge is 0.244 e. The van der Waals surface area contributed by atoms with Crippen molar-refractivity contribution in [1.29, 1.82) is 0 Å². The first-order chi connectivity index (χ1) is 9.25. The second kappa shape index (κ2) is 5.33. The number of nitrogens with zero attached hydrogens (tertiary/aromatic N) is 2. The Morgan fingerprint density at radius 3 is 2.68 bits per heavy atom. The highest BCUT2D eigenvalue weighted by Gasteiger charge is 2.34. The summed E-state index contributed by atoms with van der Waals surface area (Å²) in [5.74, 6) is 0.154. The molecule has 2 fully saturated rings. The Kier molecular flexibility index (Phi) is 3.55. The fourth-order valence-corrected chi connectivity index (χ4v) is 3.31. The maximum absolute atomic E-state index is 12.2. The van der Waals surface area contributed by atoms with Gasteiger partial charge in [-0.05, 0) is 12.8 Å². The first kappa shape index (κ1) is 12.7. The first-order valence-electron chi connectivity index (χ1n) is 7.24. The average Bonchev–Trinajstić information content (AvgIpc) is 3.11. The zero-order chi connectivity index (χ0) is 13.2. The third-order valence-corrected chi connectivity index (χ3v) is 4.38. The number of hydrogen-bond donors (Lipinski definition) is 1. The van der Waals surface area contributed by atoms with Gasteiger partial charge in [-0.1, -0.05) is 25.0 Å². The van der Waals surface area contributed by atoms with Crippen LogP contribution in [0.5, 0.6) is 0 Å². The van der Waals surface area contributed by atoms with Crippen LogP contribution in [0.25, 0.3) is 0 Å². The molecule has 1 unspecified atom stereocenters. The van der Waals surface area contributed by atoms with Gasteiger partial charge in [0, 0.05) is 25.7 Å². The largest absolute Gasteiger partial charge is 0.336 e. The molecule has 1 aliphatic carbocycles. The minimum absolute atomic E-state index is 0.0353. The summed E-state index contributed by atoms with van der Waals surface area (Å²) in [6.45, 7) is 2.37. The molecule has 0 spiro atoms. The van der Waals surface area contributed by atoms with Gasteiger partial charge < -0.3 is 9.80 Å². The summed E-state index contributed by atoms with van der Waals surface area (Å²) in [5.41, 5.74) is 0. The van der Waals surface area contributed by atoms with E-state index in [1.165, 1.54) is 12.8 Å². The molecule has 3 rings (SSSR count). The summed E-state index contributed by atoms with van der Waals surface area (Å²) in [5, 5.41) is 3.11. The monoisotopic (exact) mass is 263 g/mol. The highest BCUT2D eigenvalue weighted by molar-refractivity contribution is 5.90. The topological polar surface area (TPSA) is 52.7 Å². The molecule has 5 heteroatoms. The Labute approximate surface area is 113 Å². The van der Waals surface area contributed by atoms with E-state index >= 15 is 0 Å². The van der Waals surface area contributed by atoms with Crippen molar-refractivity contribution < 1.29 is 9.59 Å². The normalized spacial score (nSPS) is 28.4. The lowest BCUT2D eigenvalue weighted by molar-refractivity contribution is -0.147. The lowest BCUT2D eigenvalue weighted by Crippen LogP contribution is -2.57. The van der Waals surface area contributed by atoms with Crippen LogP contribution in [0.3, 0.4) is 0 Å². The second-order valence-electron chi connectivity index (χ2n) is 5.60. The summed E-state index contributed by atoms with van der Waals surface area (Å²) in [7, 11) is 0. The van der Waals surface area contributed by atoms with E-state index in [-0.39, 0.29) is 24.4 Å². The summed E-state index contributed by atoms with van der Waals surface area (Å²) in [6, 6.07) is 0.195. The number of nitrogens with one attached hydrogen (secondary N) is 1. The van der Waals surface area contributed by atoms with Crippen LogP contribution in [-0.4, -0.2) is 59.9 Å². The van der Waals surface area contributed by atoms with Crippen molar-refractivity contribution in [1.82, 2.24) is 15.1 Å². The van der Waals surface area contributed by atoms with Crippen LogP contribution >= 0.6 is 0 Å². The van der Waals surface area contributed by atoms with Gasteiger partial charge >= 0.3 is 0 Å². The first-order valence-corrected chi connectivity index (χ1v) is 7.24. The van der Waals surface area contributed by atoms with Crippen LogP contribution in [0, 0.1) is 0 Å². The molecule has 2 aliphatic heterocycles. The van der Waals surface area contributed by atoms with Crippen LogP contribution in [-0.2, 0) is 9.59 Å². The lowest BCUT2D eigenvalue weighted by Gasteiger charge is -2.38. The van der Waals surface area contributed by atoms with E-state index < -0.39 is 0 Å². The standard InChI is InChI=1S/C14H21N3O2/c18-13-10-16(14(19)12-6-3-7-15-12)8-9-17(13)11-4-1-2-5-11/h3,6,11-12,15H,1-2,4-5,7-10H2. The van der Waals surface area contributed by atoms with Gasteiger partial charge in [-0.15, -0.1) is 0 Å². The van der Waals surface area contributed by atoms with Gasteiger partial charge in [0.25, 0.3) is 0 Å². The van der Waals surface area contributed by atoms with E-state index in [4.69, 9.17) is 0 Å². The van der Waals surface area contributed by atoms with Gasteiger partial charge in [0.2, 0.25) is 11.8 Å². The summed E-state index contributed by atoms with van der Waals surface area (Å²) in [6.07, 6.45) is 8.57. The Bertz CT molecular complexity index is 401. The fraction of sp³-hybridized carbons (Fsp3) is 0.714. The number of hydrogen-bond acceptors (Lipinski definition) is 3. The highest BCUT2D eigenvalue weighted by Crippen LogP contribution is 2.25. The quantitative estimate of drug-likeness (QED) is 0.720. The zero-order valence-electron chi connectivity index (χ0n) is 11.2. The molecule has 0 aromatic rings. The van der Waals surface area contributed by atoms with Crippen molar-refractivity contribution in [3.8, 4) is 0 Å². The predicted octanol–water partition coefficient (Wildman–Crippen LogP) is 0.128. The van der Waals surface area contributed by atoms with Crippen molar-refractivity contribution in [3.63, 3.8) is 0 Å². The van der Waals surface area contributed by atoms with Gasteiger partial charge in [0.1, 0.15) is 6.04 Å². The molecule has 1 atom stereocenters. The molecule has 2 amide bonds. The molecule has 0 bridgehead atoms. The second-order valence-corrected chi connectivity index (χ2v) is 5.60. The average molecular weight is 263 g/mol. The van der Waals surface area contributed by atoms with E-state index in [1.54, 1.807) is 4.90 Å². The number of carbonyl (C=O) groups is 2. The Morgan fingerprint density at radius 2 is 2.05 bits per heavy atom. The molecule has 0 aromatic heterocycles. The van der Waals surface area contributed by atoms with Crippen LogP contribution in [0.2, 0.25) is 0 Å². The van der Waals surface area contributed by atoms with Crippen molar-refractivity contribution in [2.24, 2.45) is 0 Å². The predicted molar refractivity (Wildman–Crippen MR) is 71.5 cm³/mol. The summed E-state index contributed by atoms with van der Waals surface area (Å²) in [4.78, 5) is 28.1. The Hall–Kier alpha value is -1.36. The van der Waals surface area contributed by atoms with Crippen LogP contribution in [0.15, 0.2) is 12.2 Å². The highest BCUT2D eigenvalue weighted by atomic mass is 16.2. The van der Waals surface area contributed by atoms with Gasteiger partial charge in [0.05, 0.1) is 6.54 Å². The molecule has 3 aliphatic rings. The summed E-state index contributed by atoms with van der Waals surface area (Å²) < 4.78 is 0. The number of carbonyl (C=O) groups excluding carboxylic acids is 2. The van der Waals surface area contributed by atoms with Crippen LogP contribution in [0.1, 0.15) is 25.7 Å². The van der Waals surface area contributed by atoms with Gasteiger partial charge in [-0.2, -0.15) is 0 Å². The lowest BCUT2D eigenvalue weighted by atomic mass is 10.1. The number of rotatable bonds is 2. The minimum atomic E-state index is -0.231. The molecule has 2 heterocycles. The van der Waals surface area contributed by atoms with Crippen molar-refractivity contribution in [2.75, 3.05) is 26.2 Å². The molecular formula is C14H21N3O2. The van der Waals surface area contributed by atoms with Crippen LogP contribution < -0.4 is 5.32 Å². The minimum Gasteiger partial charge on any atom is -0.336 e. The molecule has 5 nitrogen and oxygen atoms in total. The summed E-state index contributed by atoms with van der Waals surface area (Å²) >= 11 is 0. The molecule has 0 aromatic carbocycles. The van der Waals surface area contributed by atoms with Gasteiger partial charge in [0.15, 0.2) is 0 Å². The van der Waals surface area contributed by atoms with E-state index in [0.717, 1.165) is 19.4 Å². The van der Waals surface area contributed by atoms with Crippen molar-refractivity contribution in [3.05, 3.63) is 12.2 Å². The van der Waals surface area contributed by atoms with E-state index in [1.807, 2.05) is 17.1 Å². The Morgan fingerprint density at radius 1 is 1.26 bits per heavy atom. The number of piperazine rings is 1. The molecule has 0 radical (unpaired) electrons. The molecule has 104 valence electrons. The molecule has 1 N–H and O–H groups in total. The maximum atomic E-state index is 12.2. The zero-order valence-corrected chi connectivity index (χ0v) is 11.2. The van der Waals surface area contributed by atoms with E-state index in [9.17, 15) is 9.59 Å². The Balaban J connectivity index is 1.58. The third-order valence-electron chi connectivity index (χ3n) is 4.38. The molecule has 19 heavy (non-hydrogen) atoms. The van der Waals surface area contributed by atoms with Crippen LogP contribution in [0.4, 0.5) is 0 Å². The SMILES string of the molecule is O=C(C1C=CCN1)N1CCN(C2CCCC2)C(=O)C1. The van der Waals surface area contributed by atoms with E-state index in [2.05, 4.69) is 5.32 Å². The fourth-order valence-electron chi connectivity index (χ4n) is 3.31. The molecule has 1 saturated carbocycles. The van der Waals surface area contributed by atoms with Gasteiger partial charge in [-0.3, -0.25) is 14.9 Å². The van der Waals surface area contributed by atoms with Crippen molar-refractivity contribution in [2.45, 2.75) is 37.8 Å². The molecular weight excluding hydrogens is 242 g/mol. The van der Waals surface area contributed by atoms with Crippen molar-refractivity contribution >= 4 is 11.8 Å².